The number of methoxy groups -OCH3 is 1. The quantitative estimate of drug-likeness (QED) is 0.709. The molecule has 14 heavy (non-hydrogen) atoms. The zero-order valence-corrected chi connectivity index (χ0v) is 7.44. The molecule has 0 aliphatic rings. The molecule has 0 saturated carbocycles. The van der Waals surface area contributed by atoms with Gasteiger partial charge in [0.15, 0.2) is 5.82 Å². The molecule has 2 aromatic rings. The number of nitrogens with one attached hydrogen (secondary N) is 2. The van der Waals surface area contributed by atoms with Crippen molar-refractivity contribution in [2.45, 2.75) is 0 Å². The number of ether oxygens (including phenoxy) is 1. The molecule has 0 unspecified atom stereocenters. The largest absolute Gasteiger partial charge is 0.453 e. The van der Waals surface area contributed by atoms with Gasteiger partial charge in [0.1, 0.15) is 0 Å². The third-order valence-electron chi connectivity index (χ3n) is 1.77. The first-order chi connectivity index (χ1) is 6.81. The topological polar surface area (TPSA) is 79.9 Å². The number of fused-ring (bicyclic) bond motifs is 1. The van der Waals surface area contributed by atoms with Gasteiger partial charge in [0, 0.05) is 11.6 Å². The van der Waals surface area contributed by atoms with Crippen molar-refractivity contribution in [1.29, 1.82) is 0 Å². The van der Waals surface area contributed by atoms with E-state index in [0.717, 1.165) is 10.9 Å². The number of carbonyl (C=O) groups is 1. The molecule has 1 amide bonds. The molecule has 6 heteroatoms. The van der Waals surface area contributed by atoms with Gasteiger partial charge >= 0.3 is 6.09 Å². The predicted octanol–water partition coefficient (Wildman–Crippen LogP) is 1.14. The summed E-state index contributed by atoms with van der Waals surface area (Å²) in [5.74, 6) is 0.439. The van der Waals surface area contributed by atoms with Crippen LogP contribution in [0.2, 0.25) is 0 Å². The summed E-state index contributed by atoms with van der Waals surface area (Å²) in [6, 6.07) is 1.75. The SMILES string of the molecule is COC(=O)Nc1n[nH]c2cnccc12. The third-order valence-corrected chi connectivity index (χ3v) is 1.77. The lowest BCUT2D eigenvalue weighted by Gasteiger charge is -1.98. The number of H-pyrrole nitrogens is 1. The van der Waals surface area contributed by atoms with Gasteiger partial charge in [-0.1, -0.05) is 0 Å². The summed E-state index contributed by atoms with van der Waals surface area (Å²) in [4.78, 5) is 14.8. The minimum atomic E-state index is -0.546. The van der Waals surface area contributed by atoms with Crippen LogP contribution >= 0.6 is 0 Å². The van der Waals surface area contributed by atoms with Crippen LogP contribution in [-0.4, -0.2) is 28.4 Å². The number of aromatic amines is 1. The molecule has 0 bridgehead atoms. The number of nitrogens with zero attached hydrogens (tertiary/aromatic N) is 2. The summed E-state index contributed by atoms with van der Waals surface area (Å²) in [6.45, 7) is 0. The Hall–Kier alpha value is -2.11. The Kier molecular flexibility index (Phi) is 2.02. The van der Waals surface area contributed by atoms with Crippen LogP contribution in [-0.2, 0) is 4.74 Å². The van der Waals surface area contributed by atoms with E-state index in [1.807, 2.05) is 0 Å². The molecule has 0 aromatic carbocycles. The van der Waals surface area contributed by atoms with Crippen molar-refractivity contribution < 1.29 is 9.53 Å². The van der Waals surface area contributed by atoms with Gasteiger partial charge in [-0.05, 0) is 6.07 Å². The fourth-order valence-corrected chi connectivity index (χ4v) is 1.11. The van der Waals surface area contributed by atoms with E-state index >= 15 is 0 Å². The van der Waals surface area contributed by atoms with Gasteiger partial charge in [-0.15, -0.1) is 0 Å². The zero-order chi connectivity index (χ0) is 9.97. The molecule has 2 rings (SSSR count). The van der Waals surface area contributed by atoms with Gasteiger partial charge < -0.3 is 4.74 Å². The van der Waals surface area contributed by atoms with Crippen molar-refractivity contribution in [2.75, 3.05) is 12.4 Å². The Morgan fingerprint density at radius 1 is 1.64 bits per heavy atom. The monoisotopic (exact) mass is 192 g/mol. The van der Waals surface area contributed by atoms with Crippen LogP contribution in [0.5, 0.6) is 0 Å². The highest BCUT2D eigenvalue weighted by atomic mass is 16.5. The van der Waals surface area contributed by atoms with Crippen LogP contribution in [0.3, 0.4) is 0 Å². The second kappa shape index (κ2) is 3.33. The van der Waals surface area contributed by atoms with Crippen molar-refractivity contribution in [3.63, 3.8) is 0 Å². The van der Waals surface area contributed by atoms with Gasteiger partial charge in [-0.3, -0.25) is 15.4 Å². The normalized spacial score (nSPS) is 10.1. The smallest absolute Gasteiger partial charge is 0.412 e. The summed E-state index contributed by atoms with van der Waals surface area (Å²) >= 11 is 0. The summed E-state index contributed by atoms with van der Waals surface area (Å²) in [6.07, 6.45) is 2.71. The fraction of sp³-hybridized carbons (Fsp3) is 0.125. The molecule has 0 spiro atoms. The van der Waals surface area contributed by atoms with Crippen molar-refractivity contribution in [3.05, 3.63) is 18.5 Å². The van der Waals surface area contributed by atoms with E-state index in [0.29, 0.717) is 5.82 Å². The van der Waals surface area contributed by atoms with Crippen LogP contribution in [0.15, 0.2) is 18.5 Å². The Labute approximate surface area is 79.3 Å². The third kappa shape index (κ3) is 1.37. The molecule has 72 valence electrons. The van der Waals surface area contributed by atoms with E-state index in [-0.39, 0.29) is 0 Å². The van der Waals surface area contributed by atoms with Crippen LogP contribution in [0, 0.1) is 0 Å². The molecule has 0 aliphatic heterocycles. The fourth-order valence-electron chi connectivity index (χ4n) is 1.11. The number of hydrogen-bond donors (Lipinski definition) is 2. The van der Waals surface area contributed by atoms with Gasteiger partial charge in [-0.2, -0.15) is 5.10 Å². The number of hydrogen-bond acceptors (Lipinski definition) is 4. The van der Waals surface area contributed by atoms with Crippen molar-refractivity contribution >= 4 is 22.8 Å². The molecule has 0 radical (unpaired) electrons. The highest BCUT2D eigenvalue weighted by Crippen LogP contribution is 2.18. The highest BCUT2D eigenvalue weighted by Gasteiger charge is 2.07. The van der Waals surface area contributed by atoms with E-state index in [2.05, 4.69) is 25.2 Å². The Morgan fingerprint density at radius 2 is 2.50 bits per heavy atom. The average Bonchev–Trinajstić information content (AvgIpc) is 2.62. The molecule has 2 aromatic heterocycles. The Bertz CT molecular complexity index is 465. The first kappa shape index (κ1) is 8.49. The number of carbonyl (C=O) groups excluding carboxylic acids is 1. The maximum atomic E-state index is 10.9. The molecule has 2 N–H and O–H groups in total. The van der Waals surface area contributed by atoms with Gasteiger partial charge in [0.2, 0.25) is 0 Å². The molecular formula is C8H8N4O2. The zero-order valence-electron chi connectivity index (χ0n) is 7.44. The number of anilines is 1. The molecule has 0 atom stereocenters. The van der Waals surface area contributed by atoms with E-state index in [9.17, 15) is 4.79 Å². The lowest BCUT2D eigenvalue weighted by atomic mass is 10.3. The van der Waals surface area contributed by atoms with Gasteiger partial charge in [0.25, 0.3) is 0 Å². The first-order valence-electron chi connectivity index (χ1n) is 3.94. The lowest BCUT2D eigenvalue weighted by molar-refractivity contribution is 0.187. The number of rotatable bonds is 1. The van der Waals surface area contributed by atoms with E-state index in [1.165, 1.54) is 7.11 Å². The molecule has 2 heterocycles. The first-order valence-corrected chi connectivity index (χ1v) is 3.94. The van der Waals surface area contributed by atoms with Crippen LogP contribution in [0.1, 0.15) is 0 Å². The lowest BCUT2D eigenvalue weighted by Crippen LogP contribution is -2.11. The second-order valence-electron chi connectivity index (χ2n) is 2.61. The number of aromatic nitrogens is 3. The average molecular weight is 192 g/mol. The molecule has 0 fully saturated rings. The molecule has 0 saturated heterocycles. The predicted molar refractivity (Wildman–Crippen MR) is 49.9 cm³/mol. The highest BCUT2D eigenvalue weighted by molar-refractivity contribution is 5.96. The minimum Gasteiger partial charge on any atom is -0.453 e. The maximum absolute atomic E-state index is 10.9. The number of amides is 1. The van der Waals surface area contributed by atoms with Crippen LogP contribution in [0.25, 0.3) is 10.9 Å². The van der Waals surface area contributed by atoms with Crippen molar-refractivity contribution in [3.8, 4) is 0 Å². The Morgan fingerprint density at radius 3 is 3.29 bits per heavy atom. The summed E-state index contributed by atoms with van der Waals surface area (Å²) in [7, 11) is 1.30. The summed E-state index contributed by atoms with van der Waals surface area (Å²) < 4.78 is 4.45. The standard InChI is InChI=1S/C8H8N4O2/c1-14-8(13)10-7-5-2-3-9-4-6(5)11-12-7/h2-4H,1H3,(H2,10,11,12,13). The van der Waals surface area contributed by atoms with Gasteiger partial charge in [-0.25, -0.2) is 4.79 Å². The van der Waals surface area contributed by atoms with Crippen LogP contribution < -0.4 is 5.32 Å². The van der Waals surface area contributed by atoms with Gasteiger partial charge in [0.05, 0.1) is 18.8 Å². The van der Waals surface area contributed by atoms with E-state index < -0.39 is 6.09 Å². The van der Waals surface area contributed by atoms with Crippen LogP contribution in [0.4, 0.5) is 10.6 Å². The second-order valence-corrected chi connectivity index (χ2v) is 2.61. The molecule has 6 nitrogen and oxygen atoms in total. The maximum Gasteiger partial charge on any atom is 0.412 e. The Balaban J connectivity index is 2.38. The van der Waals surface area contributed by atoms with Crippen molar-refractivity contribution in [1.82, 2.24) is 15.2 Å². The van der Waals surface area contributed by atoms with E-state index in [4.69, 9.17) is 0 Å². The minimum absolute atomic E-state index is 0.439. The number of pyridine rings is 1. The summed E-state index contributed by atoms with van der Waals surface area (Å²) in [5.41, 5.74) is 0.763. The van der Waals surface area contributed by atoms with Crippen molar-refractivity contribution in [2.24, 2.45) is 0 Å². The molecule has 0 aliphatic carbocycles. The van der Waals surface area contributed by atoms with E-state index in [1.54, 1.807) is 18.5 Å². The molecular weight excluding hydrogens is 184 g/mol. The summed E-state index contributed by atoms with van der Waals surface area (Å²) in [5, 5.41) is 9.92.